The molecule has 11 rings (SSSR count). The fourth-order valence-electron chi connectivity index (χ4n) is 7.58. The van der Waals surface area contributed by atoms with E-state index < -0.39 is 0 Å². The van der Waals surface area contributed by atoms with Gasteiger partial charge in [0, 0.05) is 58.8 Å². The summed E-state index contributed by atoms with van der Waals surface area (Å²) >= 11 is 1.72. The third-order valence-corrected chi connectivity index (χ3v) is 11.3. The lowest BCUT2D eigenvalue weighted by Gasteiger charge is -2.11. The maximum atomic E-state index is 5.28. The van der Waals surface area contributed by atoms with Crippen LogP contribution in [0.2, 0.25) is 0 Å². The molecule has 4 aromatic heterocycles. The van der Waals surface area contributed by atoms with Crippen molar-refractivity contribution in [1.82, 2.24) is 34.5 Å². The number of thiophene rings is 1. The molecule has 0 spiro atoms. The molecule has 0 aliphatic carbocycles. The van der Waals surface area contributed by atoms with Crippen molar-refractivity contribution in [2.45, 2.75) is 0 Å². The van der Waals surface area contributed by atoms with E-state index in [1.807, 2.05) is 91.0 Å². The first-order chi connectivity index (χ1) is 27.8. The molecule has 0 aliphatic heterocycles. The fraction of sp³-hybridized carbons (Fsp3) is 0. The van der Waals surface area contributed by atoms with Gasteiger partial charge >= 0.3 is 0 Å². The summed E-state index contributed by atoms with van der Waals surface area (Å²) in [6.07, 6.45) is 0. The second kappa shape index (κ2) is 13.2. The van der Waals surface area contributed by atoms with E-state index in [1.54, 1.807) is 11.3 Å². The van der Waals surface area contributed by atoms with Gasteiger partial charge in [-0.3, -0.25) is 4.57 Å². The van der Waals surface area contributed by atoms with Gasteiger partial charge in [-0.05, 0) is 24.3 Å². The van der Waals surface area contributed by atoms with Gasteiger partial charge in [-0.2, -0.15) is 9.97 Å². The lowest BCUT2D eigenvalue weighted by Crippen LogP contribution is -2.06. The highest BCUT2D eigenvalue weighted by Crippen LogP contribution is 2.43. The summed E-state index contributed by atoms with van der Waals surface area (Å²) in [6.45, 7) is 0. The molecule has 7 aromatic carbocycles. The summed E-state index contributed by atoms with van der Waals surface area (Å²) in [7, 11) is 0. The lowest BCUT2D eigenvalue weighted by atomic mass is 10.0. The standard InChI is InChI=1S/C48H29N7S/c1-4-16-30(17-5-1)43-49-44(31-18-6-2-7-19-31)51-46(50-43)36-25-15-29-40-41(36)35-24-14-26-37(42(35)56-40)47-52-45(32-20-8-3-9-21-32)53-48(54-47)55-38-27-12-10-22-33(38)34-23-11-13-28-39(34)55/h1-29H. The highest BCUT2D eigenvalue weighted by atomic mass is 32.1. The number of para-hydroxylation sites is 2. The third-order valence-electron chi connectivity index (χ3n) is 10.1. The Morgan fingerprint density at radius 2 is 0.768 bits per heavy atom. The molecule has 56 heavy (non-hydrogen) atoms. The van der Waals surface area contributed by atoms with Gasteiger partial charge in [0.15, 0.2) is 29.1 Å². The molecule has 0 aliphatic rings. The molecule has 0 bridgehead atoms. The Balaban J connectivity index is 1.15. The van der Waals surface area contributed by atoms with Gasteiger partial charge in [0.25, 0.3) is 0 Å². The van der Waals surface area contributed by atoms with Crippen LogP contribution in [0.5, 0.6) is 0 Å². The normalized spacial score (nSPS) is 11.6. The molecule has 4 heterocycles. The van der Waals surface area contributed by atoms with Crippen molar-refractivity contribution in [3.63, 3.8) is 0 Å². The zero-order valence-electron chi connectivity index (χ0n) is 29.8. The summed E-state index contributed by atoms with van der Waals surface area (Å²) < 4.78 is 4.35. The maximum absolute atomic E-state index is 5.28. The van der Waals surface area contributed by atoms with Gasteiger partial charge in [0.2, 0.25) is 5.95 Å². The van der Waals surface area contributed by atoms with Crippen LogP contribution >= 0.6 is 11.3 Å². The number of hydrogen-bond donors (Lipinski definition) is 0. The largest absolute Gasteiger partial charge is 0.278 e. The minimum atomic E-state index is 0.567. The molecule has 0 radical (unpaired) electrons. The van der Waals surface area contributed by atoms with Crippen LogP contribution in [-0.2, 0) is 0 Å². The summed E-state index contributed by atoms with van der Waals surface area (Å²) in [6, 6.07) is 59.9. The molecule has 8 heteroatoms. The van der Waals surface area contributed by atoms with E-state index in [0.29, 0.717) is 35.1 Å². The van der Waals surface area contributed by atoms with E-state index in [4.69, 9.17) is 29.9 Å². The van der Waals surface area contributed by atoms with Crippen molar-refractivity contribution in [2.24, 2.45) is 0 Å². The SMILES string of the molecule is c1ccc(-c2nc(-c3ccccc3)nc(-c3cccc4sc5c(-c6nc(-c7ccccc7)nc(-n7c8ccccc8c8ccccc87)n6)cccc5c34)n2)cc1. The molecule has 0 fully saturated rings. The minimum Gasteiger partial charge on any atom is -0.278 e. The van der Waals surface area contributed by atoms with Crippen LogP contribution in [0, 0.1) is 0 Å². The minimum absolute atomic E-state index is 0.567. The number of rotatable bonds is 6. The Labute approximate surface area is 325 Å². The Morgan fingerprint density at radius 3 is 1.36 bits per heavy atom. The number of aromatic nitrogens is 7. The van der Waals surface area contributed by atoms with E-state index in [0.717, 1.165) is 69.8 Å². The molecular weight excluding hydrogens is 707 g/mol. The second-order valence-corrected chi connectivity index (χ2v) is 14.6. The van der Waals surface area contributed by atoms with E-state index in [1.165, 1.54) is 0 Å². The molecule has 0 atom stereocenters. The maximum Gasteiger partial charge on any atom is 0.238 e. The Morgan fingerprint density at radius 1 is 0.339 bits per heavy atom. The van der Waals surface area contributed by atoms with Crippen molar-refractivity contribution < 1.29 is 0 Å². The van der Waals surface area contributed by atoms with Crippen LogP contribution in [0.25, 0.3) is 105 Å². The Bertz CT molecular complexity index is 3140. The van der Waals surface area contributed by atoms with E-state index >= 15 is 0 Å². The smallest absolute Gasteiger partial charge is 0.238 e. The van der Waals surface area contributed by atoms with Crippen molar-refractivity contribution in [3.8, 4) is 62.9 Å². The molecule has 262 valence electrons. The predicted octanol–water partition coefficient (Wildman–Crippen LogP) is 11.9. The third kappa shape index (κ3) is 5.34. The Hall–Kier alpha value is -7.42. The average molecular weight is 736 g/mol. The predicted molar refractivity (Wildman–Crippen MR) is 228 cm³/mol. The van der Waals surface area contributed by atoms with Crippen LogP contribution in [0.3, 0.4) is 0 Å². The molecule has 7 nitrogen and oxygen atoms in total. The first-order valence-electron chi connectivity index (χ1n) is 18.4. The van der Waals surface area contributed by atoms with Crippen LogP contribution < -0.4 is 0 Å². The summed E-state index contributed by atoms with van der Waals surface area (Å²) in [5.41, 5.74) is 6.73. The van der Waals surface area contributed by atoms with Crippen molar-refractivity contribution in [1.29, 1.82) is 0 Å². The molecule has 0 saturated carbocycles. The Kier molecular flexibility index (Phi) is 7.53. The summed E-state index contributed by atoms with van der Waals surface area (Å²) in [4.78, 5) is 30.7. The van der Waals surface area contributed by atoms with Crippen molar-refractivity contribution >= 4 is 53.3 Å². The average Bonchev–Trinajstić information content (AvgIpc) is 3.83. The van der Waals surface area contributed by atoms with Gasteiger partial charge < -0.3 is 0 Å². The van der Waals surface area contributed by atoms with E-state index in [9.17, 15) is 0 Å². The molecule has 0 N–H and O–H groups in total. The van der Waals surface area contributed by atoms with Crippen LogP contribution in [0.4, 0.5) is 0 Å². The van der Waals surface area contributed by atoms with Gasteiger partial charge in [0.1, 0.15) is 0 Å². The molecular formula is C48H29N7S. The number of hydrogen-bond acceptors (Lipinski definition) is 7. The number of fused-ring (bicyclic) bond motifs is 6. The van der Waals surface area contributed by atoms with Crippen LogP contribution in [0.15, 0.2) is 176 Å². The second-order valence-electron chi connectivity index (χ2n) is 13.5. The quantitative estimate of drug-likeness (QED) is 0.169. The number of nitrogens with zero attached hydrogens (tertiary/aromatic N) is 7. The van der Waals surface area contributed by atoms with Crippen LogP contribution in [-0.4, -0.2) is 34.5 Å². The fourth-order valence-corrected chi connectivity index (χ4v) is 8.82. The summed E-state index contributed by atoms with van der Waals surface area (Å²) in [5.74, 6) is 3.65. The van der Waals surface area contributed by atoms with Gasteiger partial charge in [0.05, 0.1) is 11.0 Å². The van der Waals surface area contributed by atoms with Crippen molar-refractivity contribution in [3.05, 3.63) is 176 Å². The van der Waals surface area contributed by atoms with Crippen LogP contribution in [0.1, 0.15) is 0 Å². The first-order valence-corrected chi connectivity index (χ1v) is 19.2. The zero-order chi connectivity index (χ0) is 37.0. The topological polar surface area (TPSA) is 82.3 Å². The first kappa shape index (κ1) is 32.0. The number of benzene rings is 7. The van der Waals surface area contributed by atoms with Gasteiger partial charge in [-0.15, -0.1) is 11.3 Å². The van der Waals surface area contributed by atoms with Crippen molar-refractivity contribution in [2.75, 3.05) is 0 Å². The van der Waals surface area contributed by atoms with E-state index in [2.05, 4.69) is 89.5 Å². The molecule has 0 amide bonds. The van der Waals surface area contributed by atoms with Gasteiger partial charge in [-0.25, -0.2) is 19.9 Å². The molecule has 0 unspecified atom stereocenters. The summed E-state index contributed by atoms with van der Waals surface area (Å²) in [5, 5.41) is 4.46. The van der Waals surface area contributed by atoms with E-state index in [-0.39, 0.29) is 0 Å². The molecule has 0 saturated heterocycles. The molecule has 11 aromatic rings. The highest BCUT2D eigenvalue weighted by Gasteiger charge is 2.22. The highest BCUT2D eigenvalue weighted by molar-refractivity contribution is 7.26. The zero-order valence-corrected chi connectivity index (χ0v) is 30.6. The van der Waals surface area contributed by atoms with Gasteiger partial charge in [-0.1, -0.05) is 152 Å². The lowest BCUT2D eigenvalue weighted by molar-refractivity contribution is 0.954. The monoisotopic (exact) mass is 735 g/mol.